The van der Waals surface area contributed by atoms with Gasteiger partial charge in [0.2, 0.25) is 5.91 Å². The van der Waals surface area contributed by atoms with E-state index in [1.54, 1.807) is 6.07 Å². The summed E-state index contributed by atoms with van der Waals surface area (Å²) in [4.78, 5) is 14.3. The fraction of sp³-hybridized carbons (Fsp3) is 0.562. The fourth-order valence-corrected chi connectivity index (χ4v) is 2.69. The summed E-state index contributed by atoms with van der Waals surface area (Å²) < 4.78 is 0. The van der Waals surface area contributed by atoms with E-state index in [2.05, 4.69) is 24.1 Å². The largest absolute Gasteiger partial charge is 0.397 e. The number of likely N-dealkylation sites (tertiary alicyclic amines) is 1. The number of carbonyl (C=O) groups excluding carboxylic acids is 1. The number of hydrogen-bond donors (Lipinski definition) is 2. The Bertz CT molecular complexity index is 459. The summed E-state index contributed by atoms with van der Waals surface area (Å²) in [5, 5.41) is 2.88. The van der Waals surface area contributed by atoms with Crippen LogP contribution in [-0.2, 0) is 4.79 Å². The number of amides is 1. The molecule has 4 nitrogen and oxygen atoms in total. The number of benzene rings is 1. The van der Waals surface area contributed by atoms with E-state index in [0.29, 0.717) is 17.8 Å². The van der Waals surface area contributed by atoms with E-state index in [0.717, 1.165) is 31.5 Å². The minimum atomic E-state index is 0.0379. The molecule has 1 aliphatic heterocycles. The molecule has 1 atom stereocenters. The molecule has 0 bridgehead atoms. The van der Waals surface area contributed by atoms with Crippen LogP contribution in [0.3, 0.4) is 0 Å². The van der Waals surface area contributed by atoms with Crippen molar-refractivity contribution in [1.82, 2.24) is 4.90 Å². The molecule has 1 fully saturated rings. The van der Waals surface area contributed by atoms with Crippen LogP contribution in [0.1, 0.15) is 26.7 Å². The summed E-state index contributed by atoms with van der Waals surface area (Å²) in [7, 11) is 0. The highest BCUT2D eigenvalue weighted by Crippen LogP contribution is 2.23. The van der Waals surface area contributed by atoms with Gasteiger partial charge in [-0.1, -0.05) is 26.0 Å². The number of carbonyl (C=O) groups is 1. The molecule has 0 spiro atoms. The number of para-hydroxylation sites is 2. The molecule has 3 N–H and O–H groups in total. The van der Waals surface area contributed by atoms with Crippen LogP contribution >= 0.6 is 0 Å². The molecule has 4 heteroatoms. The highest BCUT2D eigenvalue weighted by molar-refractivity contribution is 5.93. The van der Waals surface area contributed by atoms with Crippen molar-refractivity contribution in [2.24, 2.45) is 11.8 Å². The molecule has 1 heterocycles. The van der Waals surface area contributed by atoms with E-state index in [1.807, 2.05) is 18.2 Å². The van der Waals surface area contributed by atoms with Gasteiger partial charge < -0.3 is 16.0 Å². The quantitative estimate of drug-likeness (QED) is 0.812. The first-order valence-corrected chi connectivity index (χ1v) is 7.43. The molecule has 1 aromatic rings. The van der Waals surface area contributed by atoms with Gasteiger partial charge in [-0.3, -0.25) is 4.79 Å². The normalized spacial score (nSPS) is 19.4. The number of rotatable bonds is 5. The van der Waals surface area contributed by atoms with Gasteiger partial charge in [-0.15, -0.1) is 0 Å². The summed E-state index contributed by atoms with van der Waals surface area (Å²) in [5.74, 6) is 1.55. The molecule has 1 unspecified atom stereocenters. The predicted octanol–water partition coefficient (Wildman–Crippen LogP) is 2.58. The molecule has 1 amide bonds. The highest BCUT2D eigenvalue weighted by atomic mass is 16.1. The third kappa shape index (κ3) is 3.97. The van der Waals surface area contributed by atoms with Crippen LogP contribution in [0.4, 0.5) is 11.4 Å². The number of nitrogens with two attached hydrogens (primary N) is 1. The molecule has 1 aliphatic rings. The second kappa shape index (κ2) is 6.75. The number of nitrogens with one attached hydrogen (secondary N) is 1. The standard InChI is InChI=1S/C16H25N3O/c1-12(2)13-7-9-19(11-13)10-8-16(20)18-15-6-4-3-5-14(15)17/h3-6,12-13H,7-11,17H2,1-2H3,(H,18,20). The Hall–Kier alpha value is -1.55. The van der Waals surface area contributed by atoms with Crippen molar-refractivity contribution < 1.29 is 4.79 Å². The zero-order valence-electron chi connectivity index (χ0n) is 12.4. The number of hydrogen-bond acceptors (Lipinski definition) is 3. The van der Waals surface area contributed by atoms with Gasteiger partial charge in [0.1, 0.15) is 0 Å². The van der Waals surface area contributed by atoms with Gasteiger partial charge in [0.15, 0.2) is 0 Å². The van der Waals surface area contributed by atoms with Crippen LogP contribution in [0.2, 0.25) is 0 Å². The number of anilines is 2. The van der Waals surface area contributed by atoms with Gasteiger partial charge in [0.25, 0.3) is 0 Å². The molecule has 1 aromatic carbocycles. The minimum absolute atomic E-state index is 0.0379. The van der Waals surface area contributed by atoms with Crippen molar-refractivity contribution in [2.75, 3.05) is 30.7 Å². The average Bonchev–Trinajstić information content (AvgIpc) is 2.88. The van der Waals surface area contributed by atoms with Crippen molar-refractivity contribution in [3.05, 3.63) is 24.3 Å². The van der Waals surface area contributed by atoms with Crippen LogP contribution in [0.15, 0.2) is 24.3 Å². The van der Waals surface area contributed by atoms with Crippen molar-refractivity contribution >= 4 is 17.3 Å². The molecule has 1 saturated heterocycles. The SMILES string of the molecule is CC(C)C1CCN(CCC(=O)Nc2ccccc2N)C1. The molecule has 0 radical (unpaired) electrons. The Morgan fingerprint density at radius 2 is 2.20 bits per heavy atom. The van der Waals surface area contributed by atoms with Crippen LogP contribution in [0, 0.1) is 11.8 Å². The smallest absolute Gasteiger partial charge is 0.225 e. The van der Waals surface area contributed by atoms with Crippen molar-refractivity contribution in [3.63, 3.8) is 0 Å². The zero-order valence-corrected chi connectivity index (χ0v) is 12.4. The molecule has 0 aliphatic carbocycles. The lowest BCUT2D eigenvalue weighted by Crippen LogP contribution is -2.26. The first-order chi connectivity index (χ1) is 9.56. The van der Waals surface area contributed by atoms with Crippen molar-refractivity contribution in [1.29, 1.82) is 0 Å². The predicted molar refractivity (Wildman–Crippen MR) is 83.5 cm³/mol. The van der Waals surface area contributed by atoms with E-state index < -0.39 is 0 Å². The lowest BCUT2D eigenvalue weighted by atomic mass is 9.95. The lowest BCUT2D eigenvalue weighted by Gasteiger charge is -2.17. The summed E-state index contributed by atoms with van der Waals surface area (Å²) >= 11 is 0. The second-order valence-corrected chi connectivity index (χ2v) is 5.98. The molecule has 2 rings (SSSR count). The molecular weight excluding hydrogens is 250 g/mol. The van der Waals surface area contributed by atoms with Crippen molar-refractivity contribution in [2.45, 2.75) is 26.7 Å². The summed E-state index contributed by atoms with van der Waals surface area (Å²) in [6.07, 6.45) is 1.78. The van der Waals surface area contributed by atoms with Gasteiger partial charge in [0.05, 0.1) is 11.4 Å². The van der Waals surface area contributed by atoms with E-state index in [4.69, 9.17) is 5.73 Å². The third-order valence-electron chi connectivity index (χ3n) is 4.14. The van der Waals surface area contributed by atoms with Gasteiger partial charge in [0, 0.05) is 19.5 Å². The first kappa shape index (κ1) is 14.9. The Balaban J connectivity index is 1.75. The van der Waals surface area contributed by atoms with Gasteiger partial charge in [-0.25, -0.2) is 0 Å². The maximum absolute atomic E-state index is 11.9. The van der Waals surface area contributed by atoms with E-state index in [9.17, 15) is 4.79 Å². The molecular formula is C16H25N3O. The summed E-state index contributed by atoms with van der Waals surface area (Å²) in [5.41, 5.74) is 7.13. The van der Waals surface area contributed by atoms with E-state index in [-0.39, 0.29) is 5.91 Å². The Kier molecular flexibility index (Phi) is 5.01. The van der Waals surface area contributed by atoms with Crippen LogP contribution in [0.5, 0.6) is 0 Å². The van der Waals surface area contributed by atoms with Gasteiger partial charge >= 0.3 is 0 Å². The fourth-order valence-electron chi connectivity index (χ4n) is 2.69. The number of nitrogen functional groups attached to an aromatic ring is 1. The molecule has 20 heavy (non-hydrogen) atoms. The lowest BCUT2D eigenvalue weighted by molar-refractivity contribution is -0.116. The highest BCUT2D eigenvalue weighted by Gasteiger charge is 2.24. The minimum Gasteiger partial charge on any atom is -0.397 e. The maximum Gasteiger partial charge on any atom is 0.225 e. The summed E-state index contributed by atoms with van der Waals surface area (Å²) in [6.45, 7) is 7.63. The monoisotopic (exact) mass is 275 g/mol. The van der Waals surface area contributed by atoms with Gasteiger partial charge in [-0.2, -0.15) is 0 Å². The topological polar surface area (TPSA) is 58.4 Å². The second-order valence-electron chi connectivity index (χ2n) is 5.98. The van der Waals surface area contributed by atoms with Crippen molar-refractivity contribution in [3.8, 4) is 0 Å². The van der Waals surface area contributed by atoms with Crippen LogP contribution in [0.25, 0.3) is 0 Å². The van der Waals surface area contributed by atoms with E-state index >= 15 is 0 Å². The zero-order chi connectivity index (χ0) is 14.5. The maximum atomic E-state index is 11.9. The third-order valence-corrected chi connectivity index (χ3v) is 4.14. The first-order valence-electron chi connectivity index (χ1n) is 7.43. The Morgan fingerprint density at radius 1 is 1.45 bits per heavy atom. The summed E-state index contributed by atoms with van der Waals surface area (Å²) in [6, 6.07) is 7.36. The molecule has 0 aromatic heterocycles. The van der Waals surface area contributed by atoms with Crippen LogP contribution < -0.4 is 11.1 Å². The molecule has 0 saturated carbocycles. The van der Waals surface area contributed by atoms with E-state index in [1.165, 1.54) is 6.42 Å². The average molecular weight is 275 g/mol. The Morgan fingerprint density at radius 3 is 2.85 bits per heavy atom. The number of nitrogens with zero attached hydrogens (tertiary/aromatic N) is 1. The van der Waals surface area contributed by atoms with Gasteiger partial charge in [-0.05, 0) is 36.9 Å². The molecule has 110 valence electrons. The van der Waals surface area contributed by atoms with Crippen LogP contribution in [-0.4, -0.2) is 30.4 Å². The Labute approximate surface area is 121 Å².